The number of rotatable bonds is 3. The van der Waals surface area contributed by atoms with Gasteiger partial charge in [-0.15, -0.1) is 0 Å². The maximum absolute atomic E-state index is 12.1. The first-order valence-corrected chi connectivity index (χ1v) is 7.54. The van der Waals surface area contributed by atoms with Gasteiger partial charge in [-0.05, 0) is 6.42 Å². The van der Waals surface area contributed by atoms with Gasteiger partial charge < -0.3 is 4.52 Å². The van der Waals surface area contributed by atoms with Gasteiger partial charge >= 0.3 is 6.72 Å². The van der Waals surface area contributed by atoms with Crippen molar-refractivity contribution in [3.63, 3.8) is 0 Å². The zero-order chi connectivity index (χ0) is 9.03. The molecule has 0 saturated carbocycles. The Bertz CT molecular complexity index is 174. The molecule has 0 bridgehead atoms. The average molecular weight is 209 g/mol. The van der Waals surface area contributed by atoms with Crippen LogP contribution in [0.5, 0.6) is 0 Å². The minimum Gasteiger partial charge on any atom is -0.310 e. The van der Waals surface area contributed by atoms with Gasteiger partial charge in [0, 0.05) is 18.8 Å². The molecule has 0 spiro atoms. The van der Waals surface area contributed by atoms with E-state index in [9.17, 15) is 4.57 Å². The highest BCUT2D eigenvalue weighted by Gasteiger charge is 2.32. The lowest BCUT2D eigenvalue weighted by Gasteiger charge is -2.30. The molecule has 0 aromatic rings. The molecule has 1 rings (SSSR count). The fourth-order valence-corrected chi connectivity index (χ4v) is 5.83. The van der Waals surface area contributed by atoms with Gasteiger partial charge in [-0.3, -0.25) is 4.57 Å². The summed E-state index contributed by atoms with van der Waals surface area (Å²) in [5, 5.41) is 0. The Kier molecular flexibility index (Phi) is 4.11. The molecule has 1 heterocycles. The first-order chi connectivity index (χ1) is 5.73. The van der Waals surface area contributed by atoms with Crippen molar-refractivity contribution in [2.24, 2.45) is 0 Å². The monoisotopic (exact) mass is 209 g/mol. The predicted octanol–water partition coefficient (Wildman–Crippen LogP) is 2.59. The number of nitrogens with zero attached hydrogens (tertiary/aromatic N) is 1. The van der Waals surface area contributed by atoms with E-state index in [0.717, 1.165) is 25.3 Å². The second-order valence-electron chi connectivity index (χ2n) is 2.63. The summed E-state index contributed by atoms with van der Waals surface area (Å²) in [6, 6.07) is 0. The van der Waals surface area contributed by atoms with Gasteiger partial charge in [-0.2, -0.15) is 0 Å². The van der Waals surface area contributed by atoms with Crippen LogP contribution in [0, 0.1) is 0 Å². The molecule has 3 nitrogen and oxygen atoms in total. The molecule has 0 aromatic heterocycles. The molecular weight excluding hydrogens is 193 g/mol. The average Bonchev–Trinajstić information content (AvgIpc) is 2.07. The van der Waals surface area contributed by atoms with Crippen molar-refractivity contribution in [1.29, 1.82) is 0 Å². The van der Waals surface area contributed by atoms with E-state index in [0.29, 0.717) is 6.61 Å². The molecule has 1 atom stereocenters. The maximum atomic E-state index is 12.1. The number of hydrogen-bond donors (Lipinski definition) is 0. The zero-order valence-corrected chi connectivity index (χ0v) is 9.37. The van der Waals surface area contributed by atoms with Gasteiger partial charge in [0.05, 0.1) is 6.61 Å². The molecule has 0 unspecified atom stereocenters. The van der Waals surface area contributed by atoms with Crippen LogP contribution >= 0.6 is 18.1 Å². The molecule has 0 amide bonds. The van der Waals surface area contributed by atoms with Crippen LogP contribution in [-0.2, 0) is 9.09 Å². The van der Waals surface area contributed by atoms with E-state index in [2.05, 4.69) is 0 Å². The molecule has 1 aliphatic rings. The summed E-state index contributed by atoms with van der Waals surface area (Å²) >= 11 is 1.48. The molecule has 1 fully saturated rings. The van der Waals surface area contributed by atoms with Crippen molar-refractivity contribution in [3.05, 3.63) is 0 Å². The van der Waals surface area contributed by atoms with Gasteiger partial charge in [0.25, 0.3) is 0 Å². The Morgan fingerprint density at radius 3 is 2.58 bits per heavy atom. The molecule has 0 N–H and O–H groups in total. The summed E-state index contributed by atoms with van der Waals surface area (Å²) in [5.74, 6) is 0.966. The summed E-state index contributed by atoms with van der Waals surface area (Å²) in [4.78, 5) is 0. The molecular formula is C7H16NO2PS. The van der Waals surface area contributed by atoms with Crippen LogP contribution in [0.3, 0.4) is 0 Å². The van der Waals surface area contributed by atoms with E-state index in [1.165, 1.54) is 11.4 Å². The van der Waals surface area contributed by atoms with E-state index in [1.807, 2.05) is 18.5 Å². The molecule has 0 radical (unpaired) electrons. The lowest BCUT2D eigenvalue weighted by atomic mass is 10.5. The van der Waals surface area contributed by atoms with Crippen LogP contribution in [0.25, 0.3) is 0 Å². The molecule has 12 heavy (non-hydrogen) atoms. The van der Waals surface area contributed by atoms with E-state index in [-0.39, 0.29) is 0 Å². The van der Waals surface area contributed by atoms with E-state index in [4.69, 9.17) is 4.52 Å². The van der Waals surface area contributed by atoms with E-state index >= 15 is 0 Å². The second-order valence-corrected chi connectivity index (χ2v) is 7.21. The lowest BCUT2D eigenvalue weighted by Crippen LogP contribution is -2.21. The second kappa shape index (κ2) is 4.66. The molecule has 0 aliphatic carbocycles. The van der Waals surface area contributed by atoms with Crippen molar-refractivity contribution < 1.29 is 9.09 Å². The van der Waals surface area contributed by atoms with Crippen molar-refractivity contribution in [2.75, 3.05) is 25.4 Å². The summed E-state index contributed by atoms with van der Waals surface area (Å²) in [7, 11) is 0. The SMILES string of the molecule is CCN(CC)[P@]1(=O)OCCCS1. The third-order valence-electron chi connectivity index (χ3n) is 1.87. The first-order valence-electron chi connectivity index (χ1n) is 4.37. The predicted molar refractivity (Wildman–Crippen MR) is 53.6 cm³/mol. The largest absolute Gasteiger partial charge is 0.329 e. The summed E-state index contributed by atoms with van der Waals surface area (Å²) in [6.45, 7) is 3.82. The minimum absolute atomic E-state index is 0.654. The molecule has 1 aliphatic heterocycles. The third kappa shape index (κ3) is 2.25. The van der Waals surface area contributed by atoms with Crippen molar-refractivity contribution in [2.45, 2.75) is 20.3 Å². The molecule has 0 aromatic carbocycles. The Hall–Kier alpha value is 0.500. The Labute approximate surface area is 78.1 Å². The minimum atomic E-state index is -2.47. The normalized spacial score (nSPS) is 30.9. The van der Waals surface area contributed by atoms with Crippen LogP contribution in [0.15, 0.2) is 0 Å². The standard InChI is InChI=1S/C7H16NO2PS/c1-3-8(4-2)11(9)10-6-5-7-12-11/h3-7H2,1-2H3/t11-/m0/s1. The van der Waals surface area contributed by atoms with Gasteiger partial charge in [0.1, 0.15) is 0 Å². The van der Waals surface area contributed by atoms with Crippen molar-refractivity contribution >= 4 is 18.1 Å². The van der Waals surface area contributed by atoms with Crippen LogP contribution in [0.1, 0.15) is 20.3 Å². The maximum Gasteiger partial charge on any atom is 0.329 e. The summed E-state index contributed by atoms with van der Waals surface area (Å²) < 4.78 is 19.3. The topological polar surface area (TPSA) is 29.5 Å². The highest BCUT2D eigenvalue weighted by atomic mass is 32.7. The van der Waals surface area contributed by atoms with Crippen molar-refractivity contribution in [3.8, 4) is 0 Å². The van der Waals surface area contributed by atoms with Crippen LogP contribution in [0.4, 0.5) is 0 Å². The van der Waals surface area contributed by atoms with E-state index in [1.54, 1.807) is 0 Å². The van der Waals surface area contributed by atoms with Crippen LogP contribution in [0.2, 0.25) is 0 Å². The third-order valence-corrected chi connectivity index (χ3v) is 6.97. The smallest absolute Gasteiger partial charge is 0.310 e. The van der Waals surface area contributed by atoms with Gasteiger partial charge in [0.2, 0.25) is 0 Å². The molecule has 5 heteroatoms. The fraction of sp³-hybridized carbons (Fsp3) is 1.00. The van der Waals surface area contributed by atoms with E-state index < -0.39 is 6.72 Å². The van der Waals surface area contributed by atoms with Gasteiger partial charge in [-0.1, -0.05) is 25.2 Å². The summed E-state index contributed by atoms with van der Waals surface area (Å²) in [5.41, 5.74) is 0. The van der Waals surface area contributed by atoms with Gasteiger partial charge in [0.15, 0.2) is 0 Å². The first kappa shape index (κ1) is 10.6. The fourth-order valence-electron chi connectivity index (χ4n) is 1.19. The number of hydrogen-bond acceptors (Lipinski definition) is 3. The lowest BCUT2D eigenvalue weighted by molar-refractivity contribution is 0.276. The quantitative estimate of drug-likeness (QED) is 0.668. The Morgan fingerprint density at radius 2 is 2.17 bits per heavy atom. The van der Waals surface area contributed by atoms with Crippen LogP contribution < -0.4 is 0 Å². The van der Waals surface area contributed by atoms with Gasteiger partial charge in [-0.25, -0.2) is 4.67 Å². The highest BCUT2D eigenvalue weighted by Crippen LogP contribution is 2.64. The highest BCUT2D eigenvalue weighted by molar-refractivity contribution is 8.55. The van der Waals surface area contributed by atoms with Crippen LogP contribution in [-0.4, -0.2) is 30.1 Å². The zero-order valence-electron chi connectivity index (χ0n) is 7.65. The summed E-state index contributed by atoms with van der Waals surface area (Å²) in [6.07, 6.45) is 1.02. The Balaban J connectivity index is 2.60. The molecule has 1 saturated heterocycles. The molecule has 72 valence electrons. The van der Waals surface area contributed by atoms with Crippen molar-refractivity contribution in [1.82, 2.24) is 4.67 Å². The Morgan fingerprint density at radius 1 is 1.50 bits per heavy atom.